The number of Topliss-reactive ketones (excluding diaryl/α,β-unsaturated/α-hetero) is 1. The number of ether oxygens (including phenoxy) is 1. The normalized spacial score (nSPS) is 12.7. The number of halogens is 1. The fraction of sp³-hybridized carbons (Fsp3) is 0.160. The minimum atomic E-state index is -0.754. The number of nitrogens with one attached hydrogen (secondary N) is 2. The predicted molar refractivity (Wildman–Crippen MR) is 122 cm³/mol. The molecule has 10 heteroatoms. The molecule has 0 unspecified atom stereocenters. The van der Waals surface area contributed by atoms with Gasteiger partial charge in [0, 0.05) is 31.1 Å². The summed E-state index contributed by atoms with van der Waals surface area (Å²) < 4.78 is 20.7. The van der Waals surface area contributed by atoms with Gasteiger partial charge in [0.05, 0.1) is 6.20 Å². The lowest BCUT2D eigenvalue weighted by atomic mass is 10.0. The van der Waals surface area contributed by atoms with Gasteiger partial charge in [-0.1, -0.05) is 36.4 Å². The quantitative estimate of drug-likeness (QED) is 0.444. The lowest BCUT2D eigenvalue weighted by molar-refractivity contribution is -0.121. The Morgan fingerprint density at radius 2 is 1.77 bits per heavy atom. The number of rotatable bonds is 6. The first-order valence-corrected chi connectivity index (χ1v) is 10.9. The minimum Gasteiger partial charge on any atom is -0.486 e. The standard InChI is InChI=1S/C25H20FN5O4/c26-19-13-29-31-21(25(34)28-11-15-4-2-1-3-5-15)10-20(30-23(19)31)24(33)27-12-16-6-7-22-17(8-16)9-18(32)14-35-22/h1-8,10,13H,9,11-12,14H2,(H,27,33)(H,28,34). The van der Waals surface area contributed by atoms with Gasteiger partial charge >= 0.3 is 0 Å². The minimum absolute atomic E-state index is 0.0166. The molecule has 2 amide bonds. The third kappa shape index (κ3) is 4.72. The van der Waals surface area contributed by atoms with E-state index in [1.807, 2.05) is 30.3 Å². The molecule has 0 atom stereocenters. The van der Waals surface area contributed by atoms with Gasteiger partial charge < -0.3 is 15.4 Å². The van der Waals surface area contributed by atoms with Crippen molar-refractivity contribution in [3.63, 3.8) is 0 Å². The van der Waals surface area contributed by atoms with E-state index in [2.05, 4.69) is 20.7 Å². The largest absolute Gasteiger partial charge is 0.486 e. The SMILES string of the molecule is O=C1COc2ccc(CNC(=O)c3cc(C(=O)NCc4ccccc4)n4ncc(F)c4n3)cc2C1. The number of carbonyl (C=O) groups is 3. The van der Waals surface area contributed by atoms with Gasteiger partial charge in [-0.2, -0.15) is 5.10 Å². The molecule has 0 saturated carbocycles. The summed E-state index contributed by atoms with van der Waals surface area (Å²) in [6, 6.07) is 15.9. The highest BCUT2D eigenvalue weighted by Crippen LogP contribution is 2.24. The van der Waals surface area contributed by atoms with Crippen LogP contribution in [0.15, 0.2) is 60.8 Å². The third-order valence-corrected chi connectivity index (χ3v) is 5.54. The summed E-state index contributed by atoms with van der Waals surface area (Å²) in [6.07, 6.45) is 1.21. The Balaban J connectivity index is 1.34. The van der Waals surface area contributed by atoms with Crippen LogP contribution in [0, 0.1) is 5.82 Å². The van der Waals surface area contributed by atoms with E-state index in [9.17, 15) is 18.8 Å². The zero-order chi connectivity index (χ0) is 24.4. The molecule has 1 aliphatic heterocycles. The number of hydrogen-bond donors (Lipinski definition) is 2. The van der Waals surface area contributed by atoms with Crippen molar-refractivity contribution < 1.29 is 23.5 Å². The maximum Gasteiger partial charge on any atom is 0.270 e. The van der Waals surface area contributed by atoms with E-state index in [1.54, 1.807) is 18.2 Å². The molecule has 3 heterocycles. The van der Waals surface area contributed by atoms with Crippen molar-refractivity contribution in [3.8, 4) is 5.75 Å². The molecule has 2 aromatic carbocycles. The Bertz CT molecular complexity index is 1450. The van der Waals surface area contributed by atoms with Crippen LogP contribution in [-0.4, -0.2) is 38.8 Å². The van der Waals surface area contributed by atoms with Crippen LogP contribution in [-0.2, 0) is 24.3 Å². The van der Waals surface area contributed by atoms with E-state index in [4.69, 9.17) is 4.74 Å². The zero-order valence-electron chi connectivity index (χ0n) is 18.5. The Hall–Kier alpha value is -4.60. The van der Waals surface area contributed by atoms with Gasteiger partial charge in [-0.25, -0.2) is 13.9 Å². The van der Waals surface area contributed by atoms with Crippen LogP contribution in [0.1, 0.15) is 37.7 Å². The van der Waals surface area contributed by atoms with Crippen molar-refractivity contribution in [2.45, 2.75) is 19.5 Å². The first kappa shape index (κ1) is 22.2. The summed E-state index contributed by atoms with van der Waals surface area (Å²) in [7, 11) is 0. The van der Waals surface area contributed by atoms with E-state index in [0.29, 0.717) is 5.75 Å². The van der Waals surface area contributed by atoms with E-state index in [0.717, 1.165) is 27.4 Å². The first-order valence-electron chi connectivity index (χ1n) is 10.9. The molecule has 0 aliphatic carbocycles. The average molecular weight is 473 g/mol. The van der Waals surface area contributed by atoms with Gasteiger partial charge in [0.25, 0.3) is 11.8 Å². The summed E-state index contributed by atoms with van der Waals surface area (Å²) in [4.78, 5) is 41.4. The van der Waals surface area contributed by atoms with Crippen LogP contribution >= 0.6 is 0 Å². The van der Waals surface area contributed by atoms with Crippen LogP contribution in [0.25, 0.3) is 5.65 Å². The molecule has 1 aliphatic rings. The number of nitrogens with zero attached hydrogens (tertiary/aromatic N) is 3. The molecule has 2 aromatic heterocycles. The van der Waals surface area contributed by atoms with Crippen molar-refractivity contribution in [3.05, 3.63) is 94.7 Å². The molecule has 2 N–H and O–H groups in total. The second-order valence-corrected chi connectivity index (χ2v) is 8.05. The monoisotopic (exact) mass is 473 g/mol. The molecule has 0 radical (unpaired) electrons. The molecule has 0 saturated heterocycles. The first-order chi connectivity index (χ1) is 17.0. The second kappa shape index (κ2) is 9.34. The number of ketones is 1. The van der Waals surface area contributed by atoms with Crippen LogP contribution in [0.2, 0.25) is 0 Å². The Labute approximate surface area is 198 Å². The Morgan fingerprint density at radius 1 is 1.00 bits per heavy atom. The predicted octanol–water partition coefficient (Wildman–Crippen LogP) is 2.23. The Kier molecular flexibility index (Phi) is 5.92. The van der Waals surface area contributed by atoms with E-state index in [-0.39, 0.29) is 48.9 Å². The third-order valence-electron chi connectivity index (χ3n) is 5.54. The van der Waals surface area contributed by atoms with Crippen molar-refractivity contribution in [1.29, 1.82) is 0 Å². The highest BCUT2D eigenvalue weighted by atomic mass is 19.1. The number of hydrogen-bond acceptors (Lipinski definition) is 6. The molecule has 35 heavy (non-hydrogen) atoms. The lowest BCUT2D eigenvalue weighted by Gasteiger charge is -2.17. The summed E-state index contributed by atoms with van der Waals surface area (Å²) in [5.74, 6) is -1.24. The molecule has 176 valence electrons. The summed E-state index contributed by atoms with van der Waals surface area (Å²) in [6.45, 7) is 0.452. The van der Waals surface area contributed by atoms with Crippen LogP contribution < -0.4 is 15.4 Å². The van der Waals surface area contributed by atoms with Crippen molar-refractivity contribution in [2.75, 3.05) is 6.61 Å². The average Bonchev–Trinajstić information content (AvgIpc) is 3.26. The maximum absolute atomic E-state index is 14.3. The fourth-order valence-corrected chi connectivity index (χ4v) is 3.80. The van der Waals surface area contributed by atoms with Gasteiger partial charge in [0.15, 0.2) is 17.2 Å². The maximum atomic E-state index is 14.3. The number of carbonyl (C=O) groups excluding carboxylic acids is 3. The summed E-state index contributed by atoms with van der Waals surface area (Å²) in [5, 5.41) is 9.36. The topological polar surface area (TPSA) is 115 Å². The van der Waals surface area contributed by atoms with E-state index < -0.39 is 17.6 Å². The van der Waals surface area contributed by atoms with Crippen molar-refractivity contribution in [1.82, 2.24) is 25.2 Å². The van der Waals surface area contributed by atoms with E-state index in [1.165, 1.54) is 6.07 Å². The highest BCUT2D eigenvalue weighted by molar-refractivity contribution is 5.98. The van der Waals surface area contributed by atoms with Gasteiger partial charge in [-0.15, -0.1) is 0 Å². The second-order valence-electron chi connectivity index (χ2n) is 8.05. The van der Waals surface area contributed by atoms with Crippen LogP contribution in [0.5, 0.6) is 5.75 Å². The van der Waals surface area contributed by atoms with Crippen LogP contribution in [0.4, 0.5) is 4.39 Å². The van der Waals surface area contributed by atoms with Crippen molar-refractivity contribution >= 4 is 23.2 Å². The molecular weight excluding hydrogens is 453 g/mol. The zero-order valence-corrected chi connectivity index (χ0v) is 18.5. The number of fused-ring (bicyclic) bond motifs is 2. The summed E-state index contributed by atoms with van der Waals surface area (Å²) >= 11 is 0. The van der Waals surface area contributed by atoms with Gasteiger partial charge in [0.1, 0.15) is 23.7 Å². The molecule has 0 bridgehead atoms. The molecule has 9 nitrogen and oxygen atoms in total. The molecule has 5 rings (SSSR count). The molecule has 0 fully saturated rings. The van der Waals surface area contributed by atoms with E-state index >= 15 is 0 Å². The number of aromatic nitrogens is 3. The number of amides is 2. The summed E-state index contributed by atoms with van der Waals surface area (Å²) in [5.41, 5.74) is 2.02. The smallest absolute Gasteiger partial charge is 0.270 e. The fourth-order valence-electron chi connectivity index (χ4n) is 3.80. The number of benzene rings is 2. The molecule has 4 aromatic rings. The van der Waals surface area contributed by atoms with Gasteiger partial charge in [-0.05, 0) is 23.3 Å². The Morgan fingerprint density at radius 3 is 2.60 bits per heavy atom. The molecule has 0 spiro atoms. The van der Waals surface area contributed by atoms with Crippen LogP contribution in [0.3, 0.4) is 0 Å². The lowest BCUT2D eigenvalue weighted by Crippen LogP contribution is -2.28. The van der Waals surface area contributed by atoms with Gasteiger partial charge in [0.2, 0.25) is 0 Å². The van der Waals surface area contributed by atoms with Crippen molar-refractivity contribution in [2.24, 2.45) is 0 Å². The van der Waals surface area contributed by atoms with Gasteiger partial charge in [-0.3, -0.25) is 14.4 Å². The molecular formula is C25H20FN5O4. The highest BCUT2D eigenvalue weighted by Gasteiger charge is 2.21.